The molecule has 0 aliphatic rings. The normalized spacial score (nSPS) is 0.706. The van der Waals surface area contributed by atoms with Crippen molar-refractivity contribution in [3.05, 3.63) is 39.4 Å². The van der Waals surface area contributed by atoms with Crippen LogP contribution in [0.15, 0.2) is 0 Å². The first-order valence-corrected chi connectivity index (χ1v) is 1.34. The van der Waals surface area contributed by atoms with Gasteiger partial charge in [0, 0.05) is 67.1 Å². The molecule has 6 nitrogen and oxygen atoms in total. The van der Waals surface area contributed by atoms with Crippen LogP contribution in [0.4, 0.5) is 0 Å². The van der Waals surface area contributed by atoms with Gasteiger partial charge in [-0.2, -0.15) is 0 Å². The average molecular weight is 760 g/mol. The van der Waals surface area contributed by atoms with E-state index in [2.05, 4.69) is 0 Å². The van der Waals surface area contributed by atoms with Gasteiger partial charge in [0.25, 0.3) is 0 Å². The van der Waals surface area contributed by atoms with E-state index in [4.69, 9.17) is 71.0 Å². The smallest absolute Gasteiger partial charge is 0.512 e. The molecule has 0 saturated carbocycles. The Kier molecular flexibility index (Phi) is 7970. The van der Waals surface area contributed by atoms with Gasteiger partial charge in [0.15, 0.2) is 0 Å². The first-order chi connectivity index (χ1) is 6.00. The van der Waals surface area contributed by atoms with Gasteiger partial charge in [0.2, 0.25) is 0 Å². The summed E-state index contributed by atoms with van der Waals surface area (Å²) >= 11 is 0. The molecule has 17 heavy (non-hydrogen) atoms. The van der Waals surface area contributed by atoms with Crippen molar-refractivity contribution in [2.75, 3.05) is 0 Å². The molecule has 5 radical (unpaired) electrons. The van der Waals surface area contributed by atoms with Crippen LogP contribution < -0.4 is 0 Å². The van der Waals surface area contributed by atoms with Gasteiger partial charge in [0.05, 0.1) is 0 Å². The first-order valence-electron chi connectivity index (χ1n) is 1.34. The van der Waals surface area contributed by atoms with E-state index in [9.17, 15) is 0 Å². The molecule has 0 bridgehead atoms. The molecule has 0 aromatic carbocycles. The Morgan fingerprint density at radius 2 is 0.294 bits per heavy atom. The van der Waals surface area contributed by atoms with E-state index in [1.807, 2.05) is 0 Å². The van der Waals surface area contributed by atoms with E-state index in [0.29, 0.717) is 0 Å². The second kappa shape index (κ2) is 1400. The van der Waals surface area contributed by atoms with Crippen molar-refractivity contribution < 1.29 is 151 Å². The molecule has 0 atom stereocenters. The van der Waals surface area contributed by atoms with E-state index in [-0.39, 0.29) is 151 Å². The van der Waals surface area contributed by atoms with Crippen LogP contribution in [0.25, 0.3) is 0 Å². The Morgan fingerprint density at radius 1 is 0.294 bits per heavy atom. The zero-order chi connectivity index (χ0) is 12.0. The molecule has 0 saturated heterocycles. The Hall–Kier alpha value is 1.91. The van der Waals surface area contributed by atoms with E-state index in [1.54, 1.807) is 0 Å². The molecule has 0 aliphatic carbocycles. The number of hydrogen-bond acceptors (Lipinski definition) is 6. The summed E-state index contributed by atoms with van der Waals surface area (Å²) in [5.41, 5.74) is 0. The van der Waals surface area contributed by atoms with Crippen LogP contribution in [0.1, 0.15) is 0 Å². The van der Waals surface area contributed by atoms with Gasteiger partial charge in [-0.3, -0.25) is 0 Å². The van der Waals surface area contributed by atoms with Crippen molar-refractivity contribution in [1.82, 2.24) is 0 Å². The van der Waals surface area contributed by atoms with Gasteiger partial charge in [0.1, 0.15) is 0 Å². The zero-order valence-electron chi connectivity index (χ0n) is 7.59. The molecule has 11 heteroatoms. The maximum Gasteiger partial charge on any atom is 3.00 e. The van der Waals surface area contributed by atoms with Gasteiger partial charge < -0.3 is 71.0 Å². The van der Waals surface area contributed by atoms with E-state index in [0.717, 1.165) is 0 Å². The summed E-state index contributed by atoms with van der Waals surface area (Å²) in [6.45, 7) is 28.5. The molecule has 0 N–H and O–H groups in total. The summed E-state index contributed by atoms with van der Waals surface area (Å²) in [4.78, 5) is 0. The van der Waals surface area contributed by atoms with Crippen molar-refractivity contribution in [1.29, 1.82) is 31.6 Å². The Morgan fingerprint density at radius 3 is 0.294 bits per heavy atom. The fourth-order valence-electron chi connectivity index (χ4n) is 0. The van der Waals surface area contributed by atoms with Gasteiger partial charge in [-0.1, -0.05) is 0 Å². The number of nitrogens with zero attached hydrogens (tertiary/aromatic N) is 6. The third-order valence-corrected chi connectivity index (χ3v) is 0. The zero-order valence-corrected chi connectivity index (χ0v) is 18.3. The van der Waals surface area contributed by atoms with Gasteiger partial charge in [-0.05, 0) is 0 Å². The summed E-state index contributed by atoms with van der Waals surface area (Å²) in [6.07, 6.45) is 0. The van der Waals surface area contributed by atoms with Crippen LogP contribution in [0.3, 0.4) is 0 Å². The minimum atomic E-state index is 0. The second-order valence-corrected chi connectivity index (χ2v) is 0. The molecule has 0 amide bonds. The maximum absolute atomic E-state index is 6.25. The predicted molar refractivity (Wildman–Crippen MR) is 29.8 cm³/mol. The molecule has 0 spiro atoms. The molecule has 0 rings (SSSR count). The molecular formula is C6Ag3Ce2N6. The Balaban J connectivity index is -0.00000000267. The van der Waals surface area contributed by atoms with Crippen molar-refractivity contribution in [3.8, 4) is 0 Å². The fraction of sp³-hybridized carbons (Fsp3) is 0. The van der Waals surface area contributed by atoms with Crippen LogP contribution in [0.2, 0.25) is 0 Å². The largest absolute Gasteiger partial charge is 3.00 e. The summed E-state index contributed by atoms with van der Waals surface area (Å²) < 4.78 is 0. The molecule has 0 aromatic heterocycles. The molecule has 0 fully saturated rings. The standard InChI is InChI=1S/6CN.3Ag.2Ce/c6*1-2;;;;;/q6*-1;;;;2*+3. The minimum absolute atomic E-state index is 0. The van der Waals surface area contributed by atoms with Crippen molar-refractivity contribution in [2.24, 2.45) is 0 Å². The first kappa shape index (κ1) is 96.9. The van der Waals surface area contributed by atoms with Gasteiger partial charge >= 0.3 is 83.5 Å². The minimum Gasteiger partial charge on any atom is -0.512 e. The van der Waals surface area contributed by atoms with E-state index < -0.39 is 0 Å². The van der Waals surface area contributed by atoms with Crippen molar-refractivity contribution in [2.45, 2.75) is 0 Å². The topological polar surface area (TPSA) is 143 Å². The molecule has 0 aliphatic heterocycles. The number of rotatable bonds is 0. The monoisotopic (exact) mass is 757 g/mol. The molecule has 0 heterocycles. The average Bonchev–Trinajstić information content (AvgIpc) is 2.33. The third-order valence-electron chi connectivity index (χ3n) is 0. The third kappa shape index (κ3) is 1240. The van der Waals surface area contributed by atoms with Gasteiger partial charge in [-0.15, -0.1) is 0 Å². The van der Waals surface area contributed by atoms with Gasteiger partial charge in [-0.25, -0.2) is 0 Å². The summed E-state index contributed by atoms with van der Waals surface area (Å²) in [5.74, 6) is 0. The molecular weight excluding hydrogens is 760 g/mol. The second-order valence-electron chi connectivity index (χ2n) is 0. The van der Waals surface area contributed by atoms with Crippen LogP contribution in [0.5, 0.6) is 0 Å². The van der Waals surface area contributed by atoms with Crippen LogP contribution in [0, 0.1) is 154 Å². The van der Waals surface area contributed by atoms with Crippen LogP contribution in [-0.2, 0) is 67.1 Å². The summed E-state index contributed by atoms with van der Waals surface area (Å²) in [5, 5.41) is 37.5. The predicted octanol–water partition coefficient (Wildman–Crippen LogP) is 0.571. The maximum atomic E-state index is 6.25. The SMILES string of the molecule is [Ag].[Ag].[Ag].[C-]#N.[C-]#N.[C-]#N.[C-]#N.[C-]#N.[C-]#N.[Ce+3].[Ce+3]. The fourth-order valence-corrected chi connectivity index (χ4v) is 0. The van der Waals surface area contributed by atoms with Crippen LogP contribution >= 0.6 is 0 Å². The Bertz CT molecular complexity index is 107. The molecule has 0 unspecified atom stereocenters. The van der Waals surface area contributed by atoms with Crippen molar-refractivity contribution >= 4 is 0 Å². The van der Waals surface area contributed by atoms with E-state index >= 15 is 0 Å². The van der Waals surface area contributed by atoms with Crippen molar-refractivity contribution in [3.63, 3.8) is 0 Å². The summed E-state index contributed by atoms with van der Waals surface area (Å²) in [6, 6.07) is 0. The summed E-state index contributed by atoms with van der Waals surface area (Å²) in [7, 11) is 0. The van der Waals surface area contributed by atoms with Crippen LogP contribution in [-0.4, -0.2) is 0 Å². The number of hydrogen-bond donors (Lipinski definition) is 0. The Labute approximate surface area is 217 Å². The van der Waals surface area contributed by atoms with E-state index in [1.165, 1.54) is 0 Å². The molecule has 95 valence electrons. The molecule has 0 aromatic rings. The quantitative estimate of drug-likeness (QED) is 0.261.